The minimum atomic E-state index is -0.184. The molecule has 0 amide bonds. The Labute approximate surface area is 117 Å². The quantitative estimate of drug-likeness (QED) is 0.879. The van der Waals surface area contributed by atoms with Crippen LogP contribution in [0.25, 0.3) is 0 Å². The van der Waals surface area contributed by atoms with Gasteiger partial charge in [0.15, 0.2) is 0 Å². The van der Waals surface area contributed by atoms with E-state index in [-0.39, 0.29) is 12.6 Å². The van der Waals surface area contributed by atoms with Crippen LogP contribution in [0.4, 0.5) is 5.69 Å². The Morgan fingerprint density at radius 3 is 2.58 bits per heavy atom. The standard InChI is InChI=1S/C15H16ClNO2/c1-19-14-4-2-3-11(9-14)15(10-18)17-13-7-5-12(16)6-8-13/h2-9,15,17-18H,10H2,1H3. The van der Waals surface area contributed by atoms with Gasteiger partial charge in [0.1, 0.15) is 5.75 Å². The van der Waals surface area contributed by atoms with Crippen LogP contribution in [0.1, 0.15) is 11.6 Å². The summed E-state index contributed by atoms with van der Waals surface area (Å²) in [5.41, 5.74) is 1.88. The third-order valence-corrected chi connectivity index (χ3v) is 3.12. The number of hydrogen-bond acceptors (Lipinski definition) is 3. The molecule has 0 aliphatic heterocycles. The number of methoxy groups -OCH3 is 1. The van der Waals surface area contributed by atoms with E-state index in [1.165, 1.54) is 0 Å². The Bertz CT molecular complexity index is 528. The van der Waals surface area contributed by atoms with Gasteiger partial charge in [0.05, 0.1) is 19.8 Å². The fraction of sp³-hybridized carbons (Fsp3) is 0.200. The fourth-order valence-electron chi connectivity index (χ4n) is 1.84. The van der Waals surface area contributed by atoms with Crippen LogP contribution < -0.4 is 10.1 Å². The molecular weight excluding hydrogens is 262 g/mol. The van der Waals surface area contributed by atoms with Crippen molar-refractivity contribution in [3.05, 3.63) is 59.1 Å². The molecule has 1 unspecified atom stereocenters. The third kappa shape index (κ3) is 3.63. The highest BCUT2D eigenvalue weighted by Crippen LogP contribution is 2.23. The van der Waals surface area contributed by atoms with Gasteiger partial charge >= 0.3 is 0 Å². The number of rotatable bonds is 5. The Balaban J connectivity index is 2.17. The number of halogens is 1. The molecule has 19 heavy (non-hydrogen) atoms. The van der Waals surface area contributed by atoms with E-state index in [4.69, 9.17) is 16.3 Å². The monoisotopic (exact) mass is 277 g/mol. The summed E-state index contributed by atoms with van der Waals surface area (Å²) in [4.78, 5) is 0. The van der Waals surface area contributed by atoms with Crippen LogP contribution in [-0.2, 0) is 0 Å². The Hall–Kier alpha value is -1.71. The lowest BCUT2D eigenvalue weighted by atomic mass is 10.1. The van der Waals surface area contributed by atoms with Crippen LogP contribution in [0.5, 0.6) is 5.75 Å². The molecule has 4 heteroatoms. The van der Waals surface area contributed by atoms with E-state index in [0.717, 1.165) is 17.0 Å². The number of hydrogen-bond donors (Lipinski definition) is 2. The zero-order valence-electron chi connectivity index (χ0n) is 10.6. The molecule has 1 atom stereocenters. The lowest BCUT2D eigenvalue weighted by Gasteiger charge is -2.18. The van der Waals surface area contributed by atoms with Crippen molar-refractivity contribution < 1.29 is 9.84 Å². The smallest absolute Gasteiger partial charge is 0.119 e. The highest BCUT2D eigenvalue weighted by atomic mass is 35.5. The molecule has 0 bridgehead atoms. The predicted octanol–water partition coefficient (Wildman–Crippen LogP) is 3.49. The van der Waals surface area contributed by atoms with Gasteiger partial charge in [-0.2, -0.15) is 0 Å². The van der Waals surface area contributed by atoms with Crippen molar-refractivity contribution in [3.63, 3.8) is 0 Å². The van der Waals surface area contributed by atoms with Crippen LogP contribution in [0.2, 0.25) is 5.02 Å². The molecule has 0 fully saturated rings. The largest absolute Gasteiger partial charge is 0.497 e. The summed E-state index contributed by atoms with van der Waals surface area (Å²) in [5.74, 6) is 0.772. The van der Waals surface area contributed by atoms with Gasteiger partial charge in [-0.15, -0.1) is 0 Å². The molecule has 2 aromatic rings. The second-order valence-electron chi connectivity index (χ2n) is 4.16. The van der Waals surface area contributed by atoms with E-state index < -0.39 is 0 Å². The van der Waals surface area contributed by atoms with Gasteiger partial charge in [0.2, 0.25) is 0 Å². The Kier molecular flexibility index (Phi) is 4.66. The summed E-state index contributed by atoms with van der Waals surface area (Å²) in [6.07, 6.45) is 0. The van der Waals surface area contributed by atoms with Gasteiger partial charge in [-0.25, -0.2) is 0 Å². The number of ether oxygens (including phenoxy) is 1. The van der Waals surface area contributed by atoms with E-state index >= 15 is 0 Å². The highest BCUT2D eigenvalue weighted by Gasteiger charge is 2.10. The van der Waals surface area contributed by atoms with E-state index in [1.54, 1.807) is 7.11 Å². The molecule has 0 spiro atoms. The third-order valence-electron chi connectivity index (χ3n) is 2.86. The Morgan fingerprint density at radius 1 is 1.21 bits per heavy atom. The first kappa shape index (κ1) is 13.7. The molecule has 0 saturated heterocycles. The van der Waals surface area contributed by atoms with E-state index in [9.17, 15) is 5.11 Å². The zero-order valence-corrected chi connectivity index (χ0v) is 11.4. The van der Waals surface area contributed by atoms with Crippen LogP contribution in [0.3, 0.4) is 0 Å². The van der Waals surface area contributed by atoms with Crippen molar-refractivity contribution in [3.8, 4) is 5.75 Å². The van der Waals surface area contributed by atoms with Crippen LogP contribution in [0.15, 0.2) is 48.5 Å². The summed E-state index contributed by atoms with van der Waals surface area (Å²) < 4.78 is 5.19. The van der Waals surface area contributed by atoms with Crippen molar-refractivity contribution in [1.82, 2.24) is 0 Å². The van der Waals surface area contributed by atoms with Gasteiger partial charge in [0.25, 0.3) is 0 Å². The normalized spacial score (nSPS) is 11.9. The first-order valence-corrected chi connectivity index (χ1v) is 6.37. The van der Waals surface area contributed by atoms with Crippen molar-refractivity contribution in [2.24, 2.45) is 0 Å². The molecule has 0 saturated carbocycles. The molecule has 0 heterocycles. The molecule has 3 nitrogen and oxygen atoms in total. The summed E-state index contributed by atoms with van der Waals surface area (Å²) in [6, 6.07) is 14.8. The van der Waals surface area contributed by atoms with Crippen LogP contribution >= 0.6 is 11.6 Å². The number of aliphatic hydroxyl groups excluding tert-OH is 1. The molecule has 100 valence electrons. The molecule has 0 aliphatic rings. The minimum absolute atomic E-state index is 0.00417. The van der Waals surface area contributed by atoms with Crippen LogP contribution in [-0.4, -0.2) is 18.8 Å². The fourth-order valence-corrected chi connectivity index (χ4v) is 1.97. The van der Waals surface area contributed by atoms with Gasteiger partial charge in [-0.3, -0.25) is 0 Å². The van der Waals surface area contributed by atoms with Gasteiger partial charge in [-0.1, -0.05) is 23.7 Å². The number of anilines is 1. The molecule has 0 aliphatic carbocycles. The van der Waals surface area contributed by atoms with Gasteiger partial charge < -0.3 is 15.2 Å². The van der Waals surface area contributed by atoms with E-state index in [2.05, 4.69) is 5.32 Å². The SMILES string of the molecule is COc1cccc(C(CO)Nc2ccc(Cl)cc2)c1. The average molecular weight is 278 g/mol. The number of benzene rings is 2. The highest BCUT2D eigenvalue weighted by molar-refractivity contribution is 6.30. The maximum absolute atomic E-state index is 9.53. The number of aliphatic hydroxyl groups is 1. The molecule has 2 rings (SSSR count). The van der Waals surface area contributed by atoms with Crippen LogP contribution in [0, 0.1) is 0 Å². The van der Waals surface area contributed by atoms with Crippen molar-refractivity contribution in [2.45, 2.75) is 6.04 Å². The van der Waals surface area contributed by atoms with E-state index in [0.29, 0.717) is 5.02 Å². The summed E-state index contributed by atoms with van der Waals surface area (Å²) >= 11 is 5.84. The van der Waals surface area contributed by atoms with E-state index in [1.807, 2.05) is 48.5 Å². The maximum Gasteiger partial charge on any atom is 0.119 e. The molecule has 2 aromatic carbocycles. The average Bonchev–Trinajstić information content (AvgIpc) is 2.46. The summed E-state index contributed by atoms with van der Waals surface area (Å²) in [7, 11) is 1.62. The zero-order chi connectivity index (χ0) is 13.7. The minimum Gasteiger partial charge on any atom is -0.497 e. The second kappa shape index (κ2) is 6.45. The Morgan fingerprint density at radius 2 is 1.95 bits per heavy atom. The van der Waals surface area contributed by atoms with Gasteiger partial charge in [-0.05, 0) is 42.0 Å². The predicted molar refractivity (Wildman–Crippen MR) is 77.9 cm³/mol. The second-order valence-corrected chi connectivity index (χ2v) is 4.60. The van der Waals surface area contributed by atoms with Crippen molar-refractivity contribution in [2.75, 3.05) is 19.0 Å². The maximum atomic E-state index is 9.53. The number of nitrogens with one attached hydrogen (secondary N) is 1. The molecule has 0 aromatic heterocycles. The lowest BCUT2D eigenvalue weighted by molar-refractivity contribution is 0.276. The topological polar surface area (TPSA) is 41.5 Å². The summed E-state index contributed by atoms with van der Waals surface area (Å²) in [6.45, 7) is -0.00417. The molecule has 2 N–H and O–H groups in total. The molecule has 0 radical (unpaired) electrons. The first-order valence-electron chi connectivity index (χ1n) is 6.00. The van der Waals surface area contributed by atoms with Gasteiger partial charge in [0, 0.05) is 10.7 Å². The van der Waals surface area contributed by atoms with Crippen molar-refractivity contribution in [1.29, 1.82) is 0 Å². The molecular formula is C15H16ClNO2. The van der Waals surface area contributed by atoms with Crippen molar-refractivity contribution >= 4 is 17.3 Å². The first-order chi connectivity index (χ1) is 9.22. The lowest BCUT2D eigenvalue weighted by Crippen LogP contribution is -2.14. The summed E-state index contributed by atoms with van der Waals surface area (Å²) in [5, 5.41) is 13.5.